The number of nitrogens with one attached hydrogen (secondary N) is 1. The number of H-pyrrole nitrogens is 1. The summed E-state index contributed by atoms with van der Waals surface area (Å²) in [5.74, 6) is 0. The van der Waals surface area contributed by atoms with Crippen LogP contribution in [-0.2, 0) is 0 Å². The van der Waals surface area contributed by atoms with Crippen LogP contribution in [0.5, 0.6) is 0 Å². The molecule has 3 heteroatoms. The fraction of sp³-hybridized carbons (Fsp3) is 0. The molecule has 0 saturated carbocycles. The zero-order valence-corrected chi connectivity index (χ0v) is 19.8. The predicted molar refractivity (Wildman–Crippen MR) is 156 cm³/mol. The summed E-state index contributed by atoms with van der Waals surface area (Å²) in [6, 6.07) is 40.3. The quantitative estimate of drug-likeness (QED) is 0.229. The van der Waals surface area contributed by atoms with Crippen LogP contribution in [0.25, 0.3) is 87.2 Å². The second-order valence-electron chi connectivity index (χ2n) is 10.3. The van der Waals surface area contributed by atoms with Gasteiger partial charge < -0.3 is 13.8 Å². The van der Waals surface area contributed by atoms with Gasteiger partial charge in [-0.1, -0.05) is 72.8 Å². The van der Waals surface area contributed by atoms with Gasteiger partial charge in [-0.05, 0) is 41.8 Å². The molecule has 0 unspecified atom stereocenters. The van der Waals surface area contributed by atoms with E-state index in [1.54, 1.807) is 0 Å². The van der Waals surface area contributed by atoms with E-state index < -0.39 is 0 Å². The lowest BCUT2D eigenvalue weighted by molar-refractivity contribution is 1.31. The predicted octanol–water partition coefficient (Wildman–Crippen LogP) is 9.03. The molecule has 0 atom stereocenters. The maximum absolute atomic E-state index is 3.68. The Hall–Kier alpha value is -5.02. The molecule has 0 spiro atoms. The molecule has 37 heavy (non-hydrogen) atoms. The average molecular weight is 470 g/mol. The van der Waals surface area contributed by atoms with Gasteiger partial charge in [0, 0.05) is 48.7 Å². The fourth-order valence-electron chi connectivity index (χ4n) is 7.05. The minimum Gasteiger partial charge on any atom is -0.354 e. The van der Waals surface area contributed by atoms with Crippen LogP contribution in [-0.4, -0.2) is 13.8 Å². The molecule has 3 nitrogen and oxygen atoms in total. The van der Waals surface area contributed by atoms with Gasteiger partial charge in [-0.25, -0.2) is 0 Å². The molecule has 10 aromatic rings. The Bertz CT molecular complexity index is 2570. The van der Waals surface area contributed by atoms with E-state index in [4.69, 9.17) is 0 Å². The third-order valence-electron chi connectivity index (χ3n) is 8.53. The third kappa shape index (κ3) is 2.00. The molecule has 0 bridgehead atoms. The Labute approximate surface area is 210 Å². The number of aromatic nitrogens is 3. The smallest absolute Gasteiger partial charge is 0.0703 e. The first kappa shape index (κ1) is 18.3. The molecule has 1 N–H and O–H groups in total. The summed E-state index contributed by atoms with van der Waals surface area (Å²) in [5.41, 5.74) is 9.87. The highest BCUT2D eigenvalue weighted by molar-refractivity contribution is 6.30. The van der Waals surface area contributed by atoms with Crippen molar-refractivity contribution in [2.45, 2.75) is 0 Å². The largest absolute Gasteiger partial charge is 0.354 e. The topological polar surface area (TPSA) is 24.6 Å². The van der Waals surface area contributed by atoms with Crippen LogP contribution in [0.2, 0.25) is 0 Å². The Kier molecular flexibility index (Phi) is 2.98. The lowest BCUT2D eigenvalue weighted by Crippen LogP contribution is -1.87. The molecule has 4 heterocycles. The first-order chi connectivity index (χ1) is 18.4. The van der Waals surface area contributed by atoms with E-state index in [1.165, 1.54) is 87.2 Å². The normalized spacial score (nSPS) is 12.9. The lowest BCUT2D eigenvalue weighted by atomic mass is 10.0. The number of hydrogen-bond acceptors (Lipinski definition) is 0. The van der Waals surface area contributed by atoms with Crippen molar-refractivity contribution in [1.29, 1.82) is 0 Å². The van der Waals surface area contributed by atoms with Crippen molar-refractivity contribution >= 4 is 87.2 Å². The average Bonchev–Trinajstić information content (AvgIpc) is 3.55. The summed E-state index contributed by atoms with van der Waals surface area (Å²) < 4.78 is 5.00. The first-order valence-corrected chi connectivity index (χ1v) is 12.8. The van der Waals surface area contributed by atoms with Gasteiger partial charge in [0.15, 0.2) is 0 Å². The van der Waals surface area contributed by atoms with Crippen molar-refractivity contribution in [2.75, 3.05) is 0 Å². The summed E-state index contributed by atoms with van der Waals surface area (Å²) in [6.45, 7) is 0. The van der Waals surface area contributed by atoms with Crippen LogP contribution in [0.1, 0.15) is 0 Å². The molecular weight excluding hydrogens is 450 g/mol. The highest BCUT2D eigenvalue weighted by Gasteiger charge is 2.21. The van der Waals surface area contributed by atoms with Crippen LogP contribution in [0.3, 0.4) is 0 Å². The van der Waals surface area contributed by atoms with Crippen LogP contribution in [0.15, 0.2) is 109 Å². The van der Waals surface area contributed by atoms with E-state index in [-0.39, 0.29) is 0 Å². The molecule has 6 aromatic carbocycles. The highest BCUT2D eigenvalue weighted by atomic mass is 15.0. The number of aromatic amines is 1. The highest BCUT2D eigenvalue weighted by Crippen LogP contribution is 2.44. The van der Waals surface area contributed by atoms with Crippen molar-refractivity contribution in [1.82, 2.24) is 13.8 Å². The maximum Gasteiger partial charge on any atom is 0.0703 e. The minimum absolute atomic E-state index is 1.17. The van der Waals surface area contributed by atoms with Crippen LogP contribution in [0.4, 0.5) is 0 Å². The standard InChI is InChI=1S/C34H19N3/c1-3-9-26-20(7-1)24-17-25-23-16-14-19-13-15-22-21-8-2-4-10-28(21)36-29-11-5-6-12-30(29)37(31(25)18-27(24)35-26)34(23)32(19)33(22)36/h1-18,35H. The third-order valence-corrected chi connectivity index (χ3v) is 8.53. The molecule has 0 amide bonds. The van der Waals surface area contributed by atoms with E-state index in [1.807, 2.05) is 0 Å². The molecule has 0 aliphatic carbocycles. The van der Waals surface area contributed by atoms with Gasteiger partial charge in [-0.15, -0.1) is 0 Å². The summed E-state index contributed by atoms with van der Waals surface area (Å²) in [4.78, 5) is 3.68. The van der Waals surface area contributed by atoms with Crippen molar-refractivity contribution in [3.63, 3.8) is 0 Å². The van der Waals surface area contributed by atoms with Crippen molar-refractivity contribution in [3.05, 3.63) is 109 Å². The summed E-state index contributed by atoms with van der Waals surface area (Å²) in [5, 5.41) is 10.4. The Morgan fingerprint density at radius 3 is 1.81 bits per heavy atom. The van der Waals surface area contributed by atoms with Gasteiger partial charge in [-0.3, -0.25) is 0 Å². The number of hydrogen-bond donors (Lipinski definition) is 1. The van der Waals surface area contributed by atoms with Gasteiger partial charge in [0.2, 0.25) is 0 Å². The fourth-order valence-corrected chi connectivity index (χ4v) is 7.05. The second-order valence-corrected chi connectivity index (χ2v) is 10.3. The van der Waals surface area contributed by atoms with Crippen LogP contribution >= 0.6 is 0 Å². The number of fused-ring (bicyclic) bond motifs is 12. The first-order valence-electron chi connectivity index (χ1n) is 12.8. The molecular formula is C34H19N3. The summed E-state index contributed by atoms with van der Waals surface area (Å²) in [6.07, 6.45) is 0. The van der Waals surface area contributed by atoms with Gasteiger partial charge in [0.05, 0.1) is 33.1 Å². The van der Waals surface area contributed by atoms with E-state index in [9.17, 15) is 0 Å². The van der Waals surface area contributed by atoms with Gasteiger partial charge in [0.1, 0.15) is 0 Å². The van der Waals surface area contributed by atoms with Gasteiger partial charge in [0.25, 0.3) is 0 Å². The number of rotatable bonds is 0. The Balaban J connectivity index is 1.62. The zero-order valence-electron chi connectivity index (χ0n) is 19.8. The van der Waals surface area contributed by atoms with E-state index >= 15 is 0 Å². The van der Waals surface area contributed by atoms with Gasteiger partial charge in [-0.2, -0.15) is 0 Å². The molecule has 0 radical (unpaired) electrons. The van der Waals surface area contributed by atoms with Crippen molar-refractivity contribution < 1.29 is 0 Å². The monoisotopic (exact) mass is 469 g/mol. The molecule has 4 aromatic heterocycles. The minimum atomic E-state index is 1.17. The van der Waals surface area contributed by atoms with E-state index in [0.717, 1.165) is 0 Å². The van der Waals surface area contributed by atoms with Gasteiger partial charge >= 0.3 is 0 Å². The molecule has 10 rings (SSSR count). The number of para-hydroxylation sites is 4. The SMILES string of the molecule is c1ccc2c(c1)[nH]c1cc3c(cc12)c1ccc2ccc4c5ccccc5n5c6ccccc6n3c1c2c45. The maximum atomic E-state index is 3.68. The van der Waals surface area contributed by atoms with E-state index in [0.29, 0.717) is 0 Å². The Morgan fingerprint density at radius 2 is 1.03 bits per heavy atom. The lowest BCUT2D eigenvalue weighted by Gasteiger charge is -2.04. The molecule has 170 valence electrons. The Morgan fingerprint density at radius 1 is 0.405 bits per heavy atom. The molecule has 0 aliphatic heterocycles. The molecule has 0 aliphatic rings. The summed E-state index contributed by atoms with van der Waals surface area (Å²) >= 11 is 0. The van der Waals surface area contributed by atoms with E-state index in [2.05, 4.69) is 123 Å². The zero-order chi connectivity index (χ0) is 23.8. The second kappa shape index (κ2) is 6.03. The van der Waals surface area contributed by atoms with Crippen LogP contribution in [0, 0.1) is 0 Å². The number of nitrogens with zero attached hydrogens (tertiary/aromatic N) is 2. The summed E-state index contributed by atoms with van der Waals surface area (Å²) in [7, 11) is 0. The van der Waals surface area contributed by atoms with Crippen molar-refractivity contribution in [3.8, 4) is 0 Å². The number of benzene rings is 6. The molecule has 0 saturated heterocycles. The molecule has 0 fully saturated rings. The van der Waals surface area contributed by atoms with Crippen molar-refractivity contribution in [2.24, 2.45) is 0 Å². The van der Waals surface area contributed by atoms with Crippen LogP contribution < -0.4 is 0 Å².